The van der Waals surface area contributed by atoms with Crippen molar-refractivity contribution in [3.05, 3.63) is 48.5 Å². The number of nitrogens with zero attached hydrogens (tertiary/aromatic N) is 3. The fraction of sp³-hybridized carbons (Fsp3) is 0.452. The number of halogens is 2. The Morgan fingerprint density at radius 2 is 1.98 bits per heavy atom. The molecule has 0 saturated carbocycles. The summed E-state index contributed by atoms with van der Waals surface area (Å²) in [6.07, 6.45) is 5.48. The lowest BCUT2D eigenvalue weighted by atomic mass is 9.95. The van der Waals surface area contributed by atoms with Gasteiger partial charge in [0.25, 0.3) is 0 Å². The fourth-order valence-electron chi connectivity index (χ4n) is 7.70. The van der Waals surface area contributed by atoms with Crippen LogP contribution in [0.5, 0.6) is 11.6 Å². The Labute approximate surface area is 230 Å². The second-order valence-electron chi connectivity index (χ2n) is 12.0. The summed E-state index contributed by atoms with van der Waals surface area (Å²) in [7, 11) is 0. The minimum absolute atomic E-state index is 0.0503. The molecule has 4 aliphatic heterocycles. The number of benzene rings is 2. The number of pyridine rings is 1. The van der Waals surface area contributed by atoms with E-state index in [1.54, 1.807) is 30.5 Å². The number of ether oxygens (including phenoxy) is 1. The number of aromatic hydroxyl groups is 1. The summed E-state index contributed by atoms with van der Waals surface area (Å²) in [5.74, 6) is 0.838. The van der Waals surface area contributed by atoms with E-state index in [1.165, 1.54) is 6.07 Å². The van der Waals surface area contributed by atoms with Gasteiger partial charge in [-0.3, -0.25) is 4.90 Å². The number of phenols is 1. The van der Waals surface area contributed by atoms with Gasteiger partial charge in [-0.2, -0.15) is 4.98 Å². The standard InChI is InChI=1S/C31H32F2N4O3/c32-19-12-31(7-2-8-37(31)13-19)17-40-27-11-24-25(23-10-22(38)9-18-3-1-4-26(33)28(18)23)16-39-29(24)30(35-27)36-14-20-5-6-21(15-36)34-20/h1,3-4,9-11,16,19-21,34,38H,2,5-8,12-15,17H2/t19-,20?,21?,31+/m1/s1. The van der Waals surface area contributed by atoms with Crippen molar-refractivity contribution in [2.75, 3.05) is 37.7 Å². The van der Waals surface area contributed by atoms with Gasteiger partial charge in [0.2, 0.25) is 5.88 Å². The summed E-state index contributed by atoms with van der Waals surface area (Å²) < 4.78 is 42.2. The van der Waals surface area contributed by atoms with Crippen LogP contribution in [0.3, 0.4) is 0 Å². The van der Waals surface area contributed by atoms with Crippen molar-refractivity contribution in [3.63, 3.8) is 0 Å². The average molecular weight is 547 g/mol. The molecule has 2 aromatic heterocycles. The third-order valence-corrected chi connectivity index (χ3v) is 9.48. The minimum Gasteiger partial charge on any atom is -0.508 e. The van der Waals surface area contributed by atoms with Crippen molar-refractivity contribution >= 4 is 27.6 Å². The number of hydrogen-bond donors (Lipinski definition) is 2. The normalized spacial score (nSPS) is 28.1. The molecule has 0 amide bonds. The van der Waals surface area contributed by atoms with Gasteiger partial charge >= 0.3 is 0 Å². The van der Waals surface area contributed by atoms with E-state index in [4.69, 9.17) is 14.1 Å². The van der Waals surface area contributed by atoms with Crippen LogP contribution in [0.2, 0.25) is 0 Å². The molecule has 40 heavy (non-hydrogen) atoms. The molecule has 0 radical (unpaired) electrons. The van der Waals surface area contributed by atoms with E-state index in [2.05, 4.69) is 15.1 Å². The predicted octanol–water partition coefficient (Wildman–Crippen LogP) is 5.39. The molecule has 8 rings (SSSR count). The van der Waals surface area contributed by atoms with E-state index in [0.717, 1.165) is 50.7 Å². The highest BCUT2D eigenvalue weighted by molar-refractivity contribution is 6.07. The van der Waals surface area contributed by atoms with E-state index in [9.17, 15) is 9.50 Å². The quantitative estimate of drug-likeness (QED) is 0.348. The first-order valence-corrected chi connectivity index (χ1v) is 14.3. The van der Waals surface area contributed by atoms with Crippen LogP contribution in [0.4, 0.5) is 14.6 Å². The van der Waals surface area contributed by atoms with Crippen LogP contribution >= 0.6 is 0 Å². The lowest BCUT2D eigenvalue weighted by Gasteiger charge is -2.34. The lowest BCUT2D eigenvalue weighted by Crippen LogP contribution is -2.51. The molecule has 0 spiro atoms. The topological polar surface area (TPSA) is 74.0 Å². The zero-order chi connectivity index (χ0) is 27.0. The Balaban J connectivity index is 1.25. The first-order chi connectivity index (χ1) is 19.5. The van der Waals surface area contributed by atoms with Gasteiger partial charge in [-0.05, 0) is 61.4 Å². The van der Waals surface area contributed by atoms with Gasteiger partial charge in [-0.15, -0.1) is 0 Å². The van der Waals surface area contributed by atoms with Crippen LogP contribution in [0.15, 0.2) is 47.1 Å². The SMILES string of the molecule is Oc1cc(-c2coc3c(N4CC5CCC(C4)N5)nc(OC[C@@]45CCCN4C[C@H](F)C5)cc23)c2c(F)cccc2c1. The highest BCUT2D eigenvalue weighted by atomic mass is 19.1. The Hall–Kier alpha value is -3.43. The van der Waals surface area contributed by atoms with Gasteiger partial charge < -0.3 is 24.5 Å². The molecule has 9 heteroatoms. The molecule has 4 aromatic rings. The molecule has 6 heterocycles. The summed E-state index contributed by atoms with van der Waals surface area (Å²) in [6.45, 7) is 3.35. The molecule has 4 atom stereocenters. The number of phenolic OH excluding ortho intramolecular Hbond substituents is 1. The second kappa shape index (κ2) is 9.04. The van der Waals surface area contributed by atoms with Crippen molar-refractivity contribution in [2.45, 2.75) is 55.9 Å². The maximum atomic E-state index is 15.2. The van der Waals surface area contributed by atoms with Gasteiger partial charge in [-0.1, -0.05) is 12.1 Å². The van der Waals surface area contributed by atoms with Gasteiger partial charge in [0.1, 0.15) is 24.3 Å². The predicted molar refractivity (Wildman–Crippen MR) is 149 cm³/mol. The van der Waals surface area contributed by atoms with Gasteiger partial charge in [-0.25, -0.2) is 8.78 Å². The van der Waals surface area contributed by atoms with E-state index in [1.807, 2.05) is 6.07 Å². The smallest absolute Gasteiger partial charge is 0.216 e. The van der Waals surface area contributed by atoms with E-state index < -0.39 is 6.17 Å². The zero-order valence-corrected chi connectivity index (χ0v) is 22.2. The van der Waals surface area contributed by atoms with Crippen LogP contribution in [0, 0.1) is 5.82 Å². The highest BCUT2D eigenvalue weighted by Crippen LogP contribution is 2.44. The first-order valence-electron chi connectivity index (χ1n) is 14.3. The molecule has 2 unspecified atom stereocenters. The van der Waals surface area contributed by atoms with E-state index >= 15 is 4.39 Å². The number of fused-ring (bicyclic) bond motifs is 5. The second-order valence-corrected chi connectivity index (χ2v) is 12.0. The number of furan rings is 1. The molecule has 2 aromatic carbocycles. The number of rotatable bonds is 5. The third-order valence-electron chi connectivity index (χ3n) is 9.48. The number of piperazine rings is 1. The first kappa shape index (κ1) is 24.4. The van der Waals surface area contributed by atoms with Gasteiger partial charge in [0.05, 0.1) is 11.8 Å². The Bertz CT molecular complexity index is 1610. The summed E-state index contributed by atoms with van der Waals surface area (Å²) in [5, 5.41) is 16.0. The number of aromatic nitrogens is 1. The number of hydrogen-bond acceptors (Lipinski definition) is 7. The average Bonchev–Trinajstić information content (AvgIpc) is 3.68. The zero-order valence-electron chi connectivity index (χ0n) is 22.2. The van der Waals surface area contributed by atoms with Gasteiger partial charge in [0, 0.05) is 60.5 Å². The van der Waals surface area contributed by atoms with Crippen LogP contribution in [0.1, 0.15) is 32.1 Å². The molecule has 4 saturated heterocycles. The molecule has 4 fully saturated rings. The Kier molecular flexibility index (Phi) is 5.51. The van der Waals surface area contributed by atoms with Crippen molar-refractivity contribution in [1.29, 1.82) is 0 Å². The molecule has 7 nitrogen and oxygen atoms in total. The maximum Gasteiger partial charge on any atom is 0.216 e. The third kappa shape index (κ3) is 3.85. The monoisotopic (exact) mass is 546 g/mol. The maximum absolute atomic E-state index is 15.2. The van der Waals surface area contributed by atoms with Crippen LogP contribution in [0.25, 0.3) is 32.9 Å². The number of alkyl halides is 1. The fourth-order valence-corrected chi connectivity index (χ4v) is 7.70. The summed E-state index contributed by atoms with van der Waals surface area (Å²) >= 11 is 0. The number of anilines is 1. The molecule has 4 aliphatic rings. The van der Waals surface area contributed by atoms with Crippen molar-refractivity contribution in [3.8, 4) is 22.8 Å². The molecule has 2 bridgehead atoms. The van der Waals surface area contributed by atoms with Crippen LogP contribution in [-0.4, -0.2) is 71.6 Å². The molecule has 2 N–H and O–H groups in total. The van der Waals surface area contributed by atoms with Crippen molar-refractivity contribution in [1.82, 2.24) is 15.2 Å². The Morgan fingerprint density at radius 1 is 1.12 bits per heavy atom. The molecule has 0 aliphatic carbocycles. The highest BCUT2D eigenvalue weighted by Gasteiger charge is 2.49. The van der Waals surface area contributed by atoms with Crippen molar-refractivity contribution in [2.24, 2.45) is 0 Å². The summed E-state index contributed by atoms with van der Waals surface area (Å²) in [6, 6.07) is 10.6. The molecular formula is C31H32F2N4O3. The van der Waals surface area contributed by atoms with Gasteiger partial charge in [0.15, 0.2) is 11.4 Å². The molecular weight excluding hydrogens is 514 g/mol. The lowest BCUT2D eigenvalue weighted by molar-refractivity contribution is 0.111. The largest absolute Gasteiger partial charge is 0.508 e. The van der Waals surface area contributed by atoms with E-state index in [0.29, 0.717) is 70.8 Å². The minimum atomic E-state index is -0.833. The number of nitrogens with one attached hydrogen (secondary N) is 1. The van der Waals surface area contributed by atoms with E-state index in [-0.39, 0.29) is 17.1 Å². The van der Waals surface area contributed by atoms with Crippen molar-refractivity contribution < 1.29 is 23.0 Å². The summed E-state index contributed by atoms with van der Waals surface area (Å²) in [5.41, 5.74) is 1.53. The van der Waals surface area contributed by atoms with Crippen LogP contribution in [-0.2, 0) is 0 Å². The van der Waals surface area contributed by atoms with Crippen LogP contribution < -0.4 is 15.0 Å². The molecule has 208 valence electrons. The summed E-state index contributed by atoms with van der Waals surface area (Å²) in [4.78, 5) is 9.45. The Morgan fingerprint density at radius 3 is 2.83 bits per heavy atom.